The van der Waals surface area contributed by atoms with E-state index in [0.717, 1.165) is 11.4 Å². The zero-order chi connectivity index (χ0) is 15.8. The third-order valence-electron chi connectivity index (χ3n) is 3.02. The van der Waals surface area contributed by atoms with Crippen LogP contribution in [0.25, 0.3) is 0 Å². The van der Waals surface area contributed by atoms with Crippen LogP contribution in [-0.4, -0.2) is 18.6 Å². The Morgan fingerprint density at radius 3 is 2.41 bits per heavy atom. The molecule has 0 atom stereocenters. The third-order valence-corrected chi connectivity index (χ3v) is 3.77. The molecular weight excluding hydrogens is 294 g/mol. The summed E-state index contributed by atoms with van der Waals surface area (Å²) in [4.78, 5) is 13.2. The molecule has 0 radical (unpaired) electrons. The van der Waals surface area contributed by atoms with Crippen LogP contribution >= 0.6 is 11.8 Å². The second kappa shape index (κ2) is 8.29. The number of ketones is 1. The Kier molecular flexibility index (Phi) is 6.10. The van der Waals surface area contributed by atoms with Crippen LogP contribution in [0.2, 0.25) is 0 Å². The van der Waals surface area contributed by atoms with Gasteiger partial charge in [-0.1, -0.05) is 0 Å². The van der Waals surface area contributed by atoms with E-state index in [1.165, 1.54) is 11.0 Å². The largest absolute Gasteiger partial charge is 0.494 e. The van der Waals surface area contributed by atoms with Crippen LogP contribution in [0.15, 0.2) is 65.7 Å². The van der Waals surface area contributed by atoms with E-state index >= 15 is 0 Å². The molecule has 0 saturated heterocycles. The lowest BCUT2D eigenvalue weighted by atomic mass is 10.1. The molecule has 3 nitrogen and oxygen atoms in total. The van der Waals surface area contributed by atoms with Gasteiger partial charge in [-0.3, -0.25) is 4.79 Å². The van der Waals surface area contributed by atoms with Gasteiger partial charge in [0.1, 0.15) is 5.75 Å². The van der Waals surface area contributed by atoms with Gasteiger partial charge < -0.3 is 10.1 Å². The summed E-state index contributed by atoms with van der Waals surface area (Å²) in [5, 5.41) is 3.09. The molecule has 0 bridgehead atoms. The van der Waals surface area contributed by atoms with Crippen molar-refractivity contribution in [3.63, 3.8) is 0 Å². The van der Waals surface area contributed by atoms with E-state index in [1.54, 1.807) is 42.2 Å². The van der Waals surface area contributed by atoms with Crippen molar-refractivity contribution < 1.29 is 9.53 Å². The van der Waals surface area contributed by atoms with Crippen molar-refractivity contribution in [2.75, 3.05) is 18.2 Å². The molecule has 0 unspecified atom stereocenters. The van der Waals surface area contributed by atoms with Gasteiger partial charge in [0.15, 0.2) is 5.78 Å². The molecule has 2 aromatic carbocycles. The summed E-state index contributed by atoms with van der Waals surface area (Å²) in [6.45, 7) is 2.55. The number of hydrogen-bond donors (Lipinski definition) is 1. The van der Waals surface area contributed by atoms with Crippen molar-refractivity contribution in [3.05, 3.63) is 66.4 Å². The highest BCUT2D eigenvalue weighted by Crippen LogP contribution is 2.17. The molecule has 4 heteroatoms. The molecule has 2 aromatic rings. The fourth-order valence-corrected chi connectivity index (χ4v) is 2.29. The summed E-state index contributed by atoms with van der Waals surface area (Å²) in [6.07, 6.45) is 5.23. The minimum atomic E-state index is -0.0451. The first-order chi connectivity index (χ1) is 10.7. The molecule has 0 aliphatic heterocycles. The summed E-state index contributed by atoms with van der Waals surface area (Å²) in [5.41, 5.74) is 1.59. The summed E-state index contributed by atoms with van der Waals surface area (Å²) >= 11 is 1.70. The number of thioether (sulfide) groups is 1. The Morgan fingerprint density at radius 1 is 1.14 bits per heavy atom. The number of allylic oxidation sites excluding steroid dienone is 1. The second-order valence-electron chi connectivity index (χ2n) is 4.53. The van der Waals surface area contributed by atoms with Gasteiger partial charge in [-0.25, -0.2) is 0 Å². The quantitative estimate of drug-likeness (QED) is 0.460. The summed E-state index contributed by atoms with van der Waals surface area (Å²) in [7, 11) is 0. The normalized spacial score (nSPS) is 10.6. The van der Waals surface area contributed by atoms with Gasteiger partial charge in [0.25, 0.3) is 0 Å². The van der Waals surface area contributed by atoms with Gasteiger partial charge in [-0.2, -0.15) is 0 Å². The molecule has 0 heterocycles. The van der Waals surface area contributed by atoms with Gasteiger partial charge in [-0.15, -0.1) is 11.8 Å². The number of carbonyl (C=O) groups is 1. The number of rotatable bonds is 7. The van der Waals surface area contributed by atoms with Crippen LogP contribution in [0.3, 0.4) is 0 Å². The number of hydrogen-bond acceptors (Lipinski definition) is 4. The Balaban J connectivity index is 1.92. The molecule has 0 amide bonds. The highest BCUT2D eigenvalue weighted by molar-refractivity contribution is 7.98. The van der Waals surface area contributed by atoms with Crippen LogP contribution in [0, 0.1) is 0 Å². The van der Waals surface area contributed by atoms with Crippen molar-refractivity contribution in [2.45, 2.75) is 11.8 Å². The van der Waals surface area contributed by atoms with E-state index in [-0.39, 0.29) is 5.78 Å². The van der Waals surface area contributed by atoms with Gasteiger partial charge in [0.05, 0.1) is 6.61 Å². The fourth-order valence-electron chi connectivity index (χ4n) is 1.88. The van der Waals surface area contributed by atoms with Crippen LogP contribution in [0.4, 0.5) is 5.69 Å². The maximum absolute atomic E-state index is 12.0. The fraction of sp³-hybridized carbons (Fsp3) is 0.167. The Labute approximate surface area is 135 Å². The standard InChI is InChI=1S/C18H19NO2S/c1-3-21-16-8-4-14(5-9-16)18(20)12-13-19-15-6-10-17(22-2)11-7-15/h4-13,19H,3H2,1-2H3/b13-12+. The van der Waals surface area contributed by atoms with Crippen molar-refractivity contribution >= 4 is 23.2 Å². The van der Waals surface area contributed by atoms with E-state index in [9.17, 15) is 4.79 Å². The summed E-state index contributed by atoms with van der Waals surface area (Å²) < 4.78 is 5.36. The van der Waals surface area contributed by atoms with Crippen molar-refractivity contribution in [1.29, 1.82) is 0 Å². The number of nitrogens with one attached hydrogen (secondary N) is 1. The number of ether oxygens (including phenoxy) is 1. The van der Waals surface area contributed by atoms with Crippen molar-refractivity contribution in [2.24, 2.45) is 0 Å². The Bertz CT molecular complexity index is 633. The minimum Gasteiger partial charge on any atom is -0.494 e. The van der Waals surface area contributed by atoms with Gasteiger partial charge >= 0.3 is 0 Å². The Hall–Kier alpha value is -2.20. The molecular formula is C18H19NO2S. The molecule has 1 N–H and O–H groups in total. The first-order valence-corrected chi connectivity index (χ1v) is 8.29. The number of anilines is 1. The maximum atomic E-state index is 12.0. The summed E-state index contributed by atoms with van der Waals surface area (Å²) in [6, 6.07) is 15.2. The van der Waals surface area contributed by atoms with Gasteiger partial charge in [0.2, 0.25) is 0 Å². The van der Waals surface area contributed by atoms with E-state index in [2.05, 4.69) is 5.32 Å². The van der Waals surface area contributed by atoms with Gasteiger partial charge in [0, 0.05) is 28.4 Å². The molecule has 0 saturated carbocycles. The van der Waals surface area contributed by atoms with Crippen LogP contribution in [0.5, 0.6) is 5.75 Å². The zero-order valence-corrected chi connectivity index (χ0v) is 13.5. The van der Waals surface area contributed by atoms with E-state index in [1.807, 2.05) is 37.4 Å². The molecule has 0 aromatic heterocycles. The molecule has 22 heavy (non-hydrogen) atoms. The van der Waals surface area contributed by atoms with Gasteiger partial charge in [-0.05, 0) is 61.7 Å². The third kappa shape index (κ3) is 4.67. The van der Waals surface area contributed by atoms with E-state index in [4.69, 9.17) is 4.74 Å². The average molecular weight is 313 g/mol. The zero-order valence-electron chi connectivity index (χ0n) is 12.7. The molecule has 0 aliphatic carbocycles. The lowest BCUT2D eigenvalue weighted by Gasteiger charge is -2.03. The highest BCUT2D eigenvalue weighted by Gasteiger charge is 2.01. The summed E-state index contributed by atoms with van der Waals surface area (Å²) in [5.74, 6) is 0.728. The van der Waals surface area contributed by atoms with Crippen LogP contribution in [0.1, 0.15) is 17.3 Å². The SMILES string of the molecule is CCOc1ccc(C(=O)/C=C/Nc2ccc(SC)cc2)cc1. The smallest absolute Gasteiger partial charge is 0.187 e. The monoisotopic (exact) mass is 313 g/mol. The second-order valence-corrected chi connectivity index (χ2v) is 5.41. The van der Waals surface area contributed by atoms with Crippen molar-refractivity contribution in [3.8, 4) is 5.75 Å². The van der Waals surface area contributed by atoms with Crippen LogP contribution in [-0.2, 0) is 0 Å². The number of carbonyl (C=O) groups excluding carboxylic acids is 1. The topological polar surface area (TPSA) is 38.3 Å². The number of benzene rings is 2. The lowest BCUT2D eigenvalue weighted by Crippen LogP contribution is -1.97. The Morgan fingerprint density at radius 2 is 1.82 bits per heavy atom. The van der Waals surface area contributed by atoms with E-state index < -0.39 is 0 Å². The maximum Gasteiger partial charge on any atom is 0.187 e. The minimum absolute atomic E-state index is 0.0451. The first-order valence-electron chi connectivity index (χ1n) is 7.07. The molecule has 0 aliphatic rings. The first kappa shape index (κ1) is 16.2. The molecule has 2 rings (SSSR count). The molecule has 114 valence electrons. The predicted molar refractivity (Wildman–Crippen MR) is 92.9 cm³/mol. The molecule has 0 fully saturated rings. The van der Waals surface area contributed by atoms with Crippen molar-refractivity contribution in [1.82, 2.24) is 0 Å². The average Bonchev–Trinajstić information content (AvgIpc) is 2.56. The highest BCUT2D eigenvalue weighted by atomic mass is 32.2. The van der Waals surface area contributed by atoms with E-state index in [0.29, 0.717) is 12.2 Å². The lowest BCUT2D eigenvalue weighted by molar-refractivity contribution is 0.104. The predicted octanol–water partition coefficient (Wildman–Crippen LogP) is 4.62. The van der Waals surface area contributed by atoms with Crippen LogP contribution < -0.4 is 10.1 Å². The molecule has 0 spiro atoms.